The van der Waals surface area contributed by atoms with Gasteiger partial charge in [0.25, 0.3) is 0 Å². The van der Waals surface area contributed by atoms with Gasteiger partial charge in [-0.25, -0.2) is 9.73 Å². The summed E-state index contributed by atoms with van der Waals surface area (Å²) in [6.07, 6.45) is 1.81. The van der Waals surface area contributed by atoms with Gasteiger partial charge in [-0.2, -0.15) is 0 Å². The lowest BCUT2D eigenvalue weighted by atomic mass is 10.5. The second-order valence-electron chi connectivity index (χ2n) is 7.14. The second-order valence-corrected chi connectivity index (χ2v) is 22.1. The minimum atomic E-state index is -1.24. The Labute approximate surface area is 123 Å². The quantitative estimate of drug-likeness (QED) is 0.694. The van der Waals surface area contributed by atoms with Crippen LogP contribution in [0.1, 0.15) is 4.91 Å². The van der Waals surface area contributed by atoms with Crippen LogP contribution in [0.4, 0.5) is 0 Å². The first-order chi connectivity index (χ1) is 8.71. The Hall–Kier alpha value is -0.226. The molecular formula is C13H23N2PSSi2. The largest absolute Gasteiger partial charge is 0.229 e. The number of nitrogens with zero attached hydrogens (tertiary/aromatic N) is 2. The Kier molecular flexibility index (Phi) is 4.22. The SMILES string of the molecule is C[Si](C)(C)C(p1ncnc1-c1cccs1)[Si](C)(C)C. The molecule has 6 heteroatoms. The van der Waals surface area contributed by atoms with Crippen molar-refractivity contribution in [1.82, 2.24) is 9.73 Å². The first kappa shape index (κ1) is 15.2. The van der Waals surface area contributed by atoms with Gasteiger partial charge in [-0.05, 0) is 19.1 Å². The molecule has 1 unspecified atom stereocenters. The van der Waals surface area contributed by atoms with Gasteiger partial charge in [-0.15, -0.1) is 11.3 Å². The molecule has 2 aromatic rings. The summed E-state index contributed by atoms with van der Waals surface area (Å²) >= 11 is 1.80. The smallest absolute Gasteiger partial charge is 0.120 e. The summed E-state index contributed by atoms with van der Waals surface area (Å²) < 4.78 is 4.82. The van der Waals surface area contributed by atoms with Gasteiger partial charge in [-0.3, -0.25) is 0 Å². The fourth-order valence-electron chi connectivity index (χ4n) is 3.05. The molecule has 19 heavy (non-hydrogen) atoms. The molecule has 0 N–H and O–H groups in total. The van der Waals surface area contributed by atoms with Crippen LogP contribution in [0.15, 0.2) is 23.8 Å². The van der Waals surface area contributed by atoms with Gasteiger partial charge in [0.1, 0.15) is 11.8 Å². The molecule has 0 bridgehead atoms. The average molecular weight is 327 g/mol. The zero-order valence-electron chi connectivity index (χ0n) is 12.6. The molecule has 0 aliphatic rings. The Bertz CT molecular complexity index is 524. The van der Waals surface area contributed by atoms with Gasteiger partial charge in [-0.1, -0.05) is 45.3 Å². The van der Waals surface area contributed by atoms with Gasteiger partial charge in [0.05, 0.1) is 21.0 Å². The maximum Gasteiger partial charge on any atom is 0.120 e. The van der Waals surface area contributed by atoms with Crippen molar-refractivity contribution >= 4 is 35.2 Å². The van der Waals surface area contributed by atoms with Crippen LogP contribution in [0.5, 0.6) is 0 Å². The van der Waals surface area contributed by atoms with Crippen LogP contribution >= 0.6 is 19.0 Å². The monoisotopic (exact) mass is 326 g/mol. The minimum Gasteiger partial charge on any atom is -0.229 e. The van der Waals surface area contributed by atoms with Gasteiger partial charge >= 0.3 is 0 Å². The van der Waals surface area contributed by atoms with Crippen LogP contribution in [0, 0.1) is 0 Å². The highest BCUT2D eigenvalue weighted by atomic mass is 32.1. The molecule has 0 fully saturated rings. The van der Waals surface area contributed by atoms with E-state index in [0.717, 1.165) is 4.91 Å². The van der Waals surface area contributed by atoms with E-state index in [1.54, 1.807) is 11.3 Å². The highest BCUT2D eigenvalue weighted by Crippen LogP contribution is 2.54. The number of rotatable bonds is 4. The van der Waals surface area contributed by atoms with Crippen LogP contribution in [-0.2, 0) is 0 Å². The zero-order chi connectivity index (χ0) is 14.3. The molecule has 104 valence electrons. The molecule has 0 saturated heterocycles. The molecule has 2 heterocycles. The maximum atomic E-state index is 4.82. The molecule has 0 aromatic carbocycles. The summed E-state index contributed by atoms with van der Waals surface area (Å²) in [6.45, 7) is 15.0. The van der Waals surface area contributed by atoms with Gasteiger partial charge < -0.3 is 0 Å². The maximum absolute atomic E-state index is 4.82. The van der Waals surface area contributed by atoms with Crippen molar-refractivity contribution in [1.29, 1.82) is 0 Å². The highest BCUT2D eigenvalue weighted by molar-refractivity contribution is 7.57. The van der Waals surface area contributed by atoms with Gasteiger partial charge in [0, 0.05) is 4.91 Å². The fraction of sp³-hybridized carbons (Fsp3) is 0.538. The van der Waals surface area contributed by atoms with Crippen molar-refractivity contribution in [2.45, 2.75) is 44.2 Å². The molecule has 0 aliphatic carbocycles. The predicted octanol–water partition coefficient (Wildman–Crippen LogP) is 5.49. The number of hydrogen-bond donors (Lipinski definition) is 0. The van der Waals surface area contributed by atoms with E-state index in [2.05, 4.69) is 61.8 Å². The number of hydrogen-bond acceptors (Lipinski definition) is 3. The molecule has 0 radical (unpaired) electrons. The summed E-state index contributed by atoms with van der Waals surface area (Å²) in [5.74, 6) is 0. The van der Waals surface area contributed by atoms with Crippen molar-refractivity contribution in [3.63, 3.8) is 0 Å². The minimum absolute atomic E-state index is 0.445. The lowest BCUT2D eigenvalue weighted by Crippen LogP contribution is -2.43. The molecule has 0 aliphatic heterocycles. The number of aromatic nitrogens is 2. The third-order valence-corrected chi connectivity index (χ3v) is 20.5. The summed E-state index contributed by atoms with van der Waals surface area (Å²) in [6, 6.07) is 4.31. The molecule has 0 saturated carbocycles. The van der Waals surface area contributed by atoms with E-state index in [9.17, 15) is 0 Å². The molecule has 0 spiro atoms. The highest BCUT2D eigenvalue weighted by Gasteiger charge is 2.41. The number of thiophene rings is 1. The lowest BCUT2D eigenvalue weighted by molar-refractivity contribution is 1.33. The third-order valence-electron chi connectivity index (χ3n) is 3.20. The molecule has 1 atom stereocenters. The Balaban J connectivity index is 2.54. The molecule has 0 amide bonds. The van der Waals surface area contributed by atoms with Crippen LogP contribution in [0.2, 0.25) is 39.3 Å². The van der Waals surface area contributed by atoms with Crippen molar-refractivity contribution < 1.29 is 0 Å². The van der Waals surface area contributed by atoms with Gasteiger partial charge in [0.15, 0.2) is 0 Å². The topological polar surface area (TPSA) is 25.8 Å². The Morgan fingerprint density at radius 2 is 1.74 bits per heavy atom. The van der Waals surface area contributed by atoms with Crippen LogP contribution < -0.4 is 0 Å². The van der Waals surface area contributed by atoms with Gasteiger partial charge in [0.2, 0.25) is 0 Å². The Morgan fingerprint density at radius 3 is 2.21 bits per heavy atom. The normalized spacial score (nSPS) is 14.2. The summed E-state index contributed by atoms with van der Waals surface area (Å²) in [5, 5.41) is 2.14. The van der Waals surface area contributed by atoms with Crippen LogP contribution in [0.25, 0.3) is 10.3 Å². The van der Waals surface area contributed by atoms with Crippen molar-refractivity contribution in [2.24, 2.45) is 0 Å². The molecule has 2 rings (SSSR count). The van der Waals surface area contributed by atoms with Crippen LogP contribution in [0.3, 0.4) is 0 Å². The fourth-order valence-corrected chi connectivity index (χ4v) is 22.6. The van der Waals surface area contributed by atoms with E-state index in [1.165, 1.54) is 10.3 Å². The lowest BCUT2D eigenvalue weighted by Gasteiger charge is -2.37. The average Bonchev–Trinajstić information content (AvgIpc) is 2.80. The van der Waals surface area contributed by atoms with E-state index in [4.69, 9.17) is 4.75 Å². The van der Waals surface area contributed by atoms with Crippen molar-refractivity contribution in [2.75, 3.05) is 0 Å². The first-order valence-corrected chi connectivity index (χ1v) is 16.0. The summed E-state index contributed by atoms with van der Waals surface area (Å²) in [7, 11) is -2.93. The second kappa shape index (κ2) is 5.28. The molecular weight excluding hydrogens is 303 g/mol. The molecule has 2 nitrogen and oxygen atoms in total. The van der Waals surface area contributed by atoms with Crippen molar-refractivity contribution in [3.8, 4) is 10.3 Å². The third kappa shape index (κ3) is 3.27. The van der Waals surface area contributed by atoms with Crippen molar-refractivity contribution in [3.05, 3.63) is 23.8 Å². The first-order valence-electron chi connectivity index (χ1n) is 6.64. The van der Waals surface area contributed by atoms with Crippen LogP contribution in [-0.4, -0.2) is 25.9 Å². The standard InChI is InChI=1S/C13H23N2PSSi2/c1-18(2,3)13(19(4,5)6)16-12(14-10-15-16)11-8-7-9-17-11/h7-10,13H,1-6H3. The Morgan fingerprint density at radius 1 is 1.11 bits per heavy atom. The van der Waals surface area contributed by atoms with E-state index in [1.807, 2.05) is 6.33 Å². The zero-order valence-corrected chi connectivity index (χ0v) is 16.3. The predicted molar refractivity (Wildman–Crippen MR) is 93.8 cm³/mol. The molecule has 2 aromatic heterocycles. The van der Waals surface area contributed by atoms with E-state index in [-0.39, 0.29) is 0 Å². The van der Waals surface area contributed by atoms with E-state index >= 15 is 0 Å². The summed E-state index contributed by atoms with van der Waals surface area (Å²) in [4.78, 5) is 6.74. The summed E-state index contributed by atoms with van der Waals surface area (Å²) in [5.41, 5.74) is 1.28. The van der Waals surface area contributed by atoms with E-state index in [0.29, 0.717) is 0 Å². The van der Waals surface area contributed by atoms with E-state index < -0.39 is 23.8 Å².